The third kappa shape index (κ3) is 4.03. The summed E-state index contributed by atoms with van der Waals surface area (Å²) in [6.07, 6.45) is 6.91. The van der Waals surface area contributed by atoms with Crippen LogP contribution in [0.4, 0.5) is 0 Å². The van der Waals surface area contributed by atoms with Gasteiger partial charge in [-0.15, -0.1) is 0 Å². The Kier molecular flexibility index (Phi) is 5.64. The minimum atomic E-state index is -1.82. The Morgan fingerprint density at radius 3 is 2.33 bits per heavy atom. The molecule has 5 heteroatoms. The lowest BCUT2D eigenvalue weighted by molar-refractivity contribution is -0.136. The van der Waals surface area contributed by atoms with Crippen molar-refractivity contribution in [2.24, 2.45) is 5.41 Å². The van der Waals surface area contributed by atoms with Gasteiger partial charge in [0.25, 0.3) is 0 Å². The van der Waals surface area contributed by atoms with Crippen LogP contribution in [0.15, 0.2) is 36.4 Å². The lowest BCUT2D eigenvalue weighted by atomic mass is 9.81. The van der Waals surface area contributed by atoms with E-state index in [0.717, 1.165) is 24.3 Å². The SMILES string of the molecule is CC(C)(C)[Si](C)(C)OCCN1C(=O)C2(CC=CC2)C[C@@H]1c1ccc(Cl)cc1. The van der Waals surface area contributed by atoms with Crippen LogP contribution in [0, 0.1) is 5.41 Å². The zero-order valence-corrected chi connectivity index (χ0v) is 19.0. The van der Waals surface area contributed by atoms with Gasteiger partial charge in [-0.1, -0.05) is 56.7 Å². The normalized spacial score (nSPS) is 22.2. The van der Waals surface area contributed by atoms with Crippen LogP contribution in [0.5, 0.6) is 0 Å². The third-order valence-electron chi connectivity index (χ3n) is 6.71. The lowest BCUT2D eigenvalue weighted by Crippen LogP contribution is -2.43. The standard InChI is InChI=1S/C22H32ClNO2Si/c1-21(2,3)27(4,5)26-15-14-24-19(17-8-10-18(23)11-9-17)16-22(20(24)25)12-6-7-13-22/h6-11,19H,12-16H2,1-5H3/t19-/m1/s1. The molecule has 1 heterocycles. The van der Waals surface area contributed by atoms with Gasteiger partial charge in [-0.25, -0.2) is 0 Å². The van der Waals surface area contributed by atoms with E-state index in [1.54, 1.807) is 0 Å². The molecule has 0 saturated carbocycles. The molecule has 0 radical (unpaired) electrons. The monoisotopic (exact) mass is 405 g/mol. The molecule has 1 fully saturated rings. The minimum absolute atomic E-state index is 0.109. The van der Waals surface area contributed by atoms with Crippen LogP contribution in [0.1, 0.15) is 51.6 Å². The molecule has 1 aromatic rings. The van der Waals surface area contributed by atoms with Gasteiger partial charge in [0.05, 0.1) is 18.1 Å². The average molecular weight is 406 g/mol. The summed E-state index contributed by atoms with van der Waals surface area (Å²) in [6, 6.07) is 8.07. The first-order valence-electron chi connectivity index (χ1n) is 9.91. The maximum Gasteiger partial charge on any atom is 0.230 e. The number of allylic oxidation sites excluding steroid dienone is 2. The fourth-order valence-corrected chi connectivity index (χ4v) is 5.07. The molecule has 0 aromatic heterocycles. The zero-order valence-electron chi connectivity index (χ0n) is 17.2. The number of rotatable bonds is 5. The van der Waals surface area contributed by atoms with Crippen LogP contribution in [0.3, 0.4) is 0 Å². The van der Waals surface area contributed by atoms with Crippen LogP contribution < -0.4 is 0 Å². The Bertz CT molecular complexity index is 713. The second-order valence-electron chi connectivity index (χ2n) is 9.54. The fraction of sp³-hybridized carbons (Fsp3) is 0.591. The molecular formula is C22H32ClNO2Si. The highest BCUT2D eigenvalue weighted by Gasteiger charge is 2.51. The summed E-state index contributed by atoms with van der Waals surface area (Å²) >= 11 is 6.07. The van der Waals surface area contributed by atoms with E-state index in [9.17, 15) is 4.79 Å². The molecule has 0 unspecified atom stereocenters. The van der Waals surface area contributed by atoms with Crippen molar-refractivity contribution in [1.29, 1.82) is 0 Å². The van der Waals surface area contributed by atoms with Crippen LogP contribution in [0.25, 0.3) is 0 Å². The molecule has 1 saturated heterocycles. The molecule has 148 valence electrons. The Balaban J connectivity index is 1.77. The van der Waals surface area contributed by atoms with E-state index in [1.165, 1.54) is 5.56 Å². The van der Waals surface area contributed by atoms with Crippen molar-refractivity contribution in [3.8, 4) is 0 Å². The van der Waals surface area contributed by atoms with Crippen LogP contribution >= 0.6 is 11.6 Å². The van der Waals surface area contributed by atoms with E-state index in [4.69, 9.17) is 16.0 Å². The third-order valence-corrected chi connectivity index (χ3v) is 11.5. The number of halogens is 1. The number of hydrogen-bond acceptors (Lipinski definition) is 2. The largest absolute Gasteiger partial charge is 0.415 e. The molecule has 3 nitrogen and oxygen atoms in total. The molecule has 1 atom stereocenters. The topological polar surface area (TPSA) is 29.5 Å². The molecule has 0 bridgehead atoms. The van der Waals surface area contributed by atoms with E-state index in [0.29, 0.717) is 13.2 Å². The smallest absolute Gasteiger partial charge is 0.230 e. The maximum atomic E-state index is 13.3. The number of carbonyl (C=O) groups excluding carboxylic acids is 1. The van der Waals surface area contributed by atoms with E-state index >= 15 is 0 Å². The summed E-state index contributed by atoms with van der Waals surface area (Å²) in [5, 5.41) is 0.905. The van der Waals surface area contributed by atoms with Crippen LogP contribution in [-0.4, -0.2) is 32.3 Å². The Hall–Kier alpha value is -1.10. The Morgan fingerprint density at radius 2 is 1.78 bits per heavy atom. The van der Waals surface area contributed by atoms with Crippen molar-refractivity contribution in [2.45, 2.75) is 64.2 Å². The number of nitrogens with zero attached hydrogens (tertiary/aromatic N) is 1. The van der Waals surface area contributed by atoms with Gasteiger partial charge >= 0.3 is 0 Å². The first kappa shape index (κ1) is 20.6. The molecule has 2 aliphatic rings. The molecule has 1 aliphatic heterocycles. The van der Waals surface area contributed by atoms with Gasteiger partial charge in [0.2, 0.25) is 5.91 Å². The quantitative estimate of drug-likeness (QED) is 0.446. The number of hydrogen-bond donors (Lipinski definition) is 0. The molecule has 1 aromatic carbocycles. The van der Waals surface area contributed by atoms with Crippen LogP contribution in [-0.2, 0) is 9.22 Å². The maximum absolute atomic E-state index is 13.3. The molecular weight excluding hydrogens is 374 g/mol. The molecule has 1 aliphatic carbocycles. The predicted molar refractivity (Wildman–Crippen MR) is 114 cm³/mol. The van der Waals surface area contributed by atoms with Gasteiger partial charge in [0, 0.05) is 11.6 Å². The second-order valence-corrected chi connectivity index (χ2v) is 14.8. The fourth-order valence-electron chi connectivity index (χ4n) is 3.91. The van der Waals surface area contributed by atoms with Crippen molar-refractivity contribution < 1.29 is 9.22 Å². The van der Waals surface area contributed by atoms with E-state index in [1.807, 2.05) is 12.1 Å². The van der Waals surface area contributed by atoms with Crippen LogP contribution in [0.2, 0.25) is 23.2 Å². The number of carbonyl (C=O) groups is 1. The Morgan fingerprint density at radius 1 is 1.19 bits per heavy atom. The summed E-state index contributed by atoms with van der Waals surface area (Å²) in [7, 11) is -1.82. The van der Waals surface area contributed by atoms with E-state index < -0.39 is 8.32 Å². The second kappa shape index (κ2) is 7.38. The first-order chi connectivity index (χ1) is 12.6. The van der Waals surface area contributed by atoms with Crippen molar-refractivity contribution in [3.63, 3.8) is 0 Å². The highest BCUT2D eigenvalue weighted by Crippen LogP contribution is 2.51. The summed E-state index contributed by atoms with van der Waals surface area (Å²) in [4.78, 5) is 15.4. The van der Waals surface area contributed by atoms with Crippen molar-refractivity contribution in [1.82, 2.24) is 4.90 Å². The Labute approximate surface area is 169 Å². The number of amides is 1. The lowest BCUT2D eigenvalue weighted by Gasteiger charge is -2.37. The summed E-state index contributed by atoms with van der Waals surface area (Å²) < 4.78 is 6.37. The summed E-state index contributed by atoms with van der Waals surface area (Å²) in [5.74, 6) is 0.284. The van der Waals surface area contributed by atoms with Gasteiger partial charge in [-0.3, -0.25) is 4.79 Å². The van der Waals surface area contributed by atoms with Gasteiger partial charge < -0.3 is 9.33 Å². The van der Waals surface area contributed by atoms with Gasteiger partial charge in [0.15, 0.2) is 8.32 Å². The van der Waals surface area contributed by atoms with Crippen molar-refractivity contribution in [2.75, 3.05) is 13.2 Å². The number of likely N-dealkylation sites (tertiary alicyclic amines) is 1. The van der Waals surface area contributed by atoms with Gasteiger partial charge in [0.1, 0.15) is 0 Å². The molecule has 27 heavy (non-hydrogen) atoms. The van der Waals surface area contributed by atoms with Gasteiger partial charge in [-0.05, 0) is 55.1 Å². The molecule has 3 rings (SSSR count). The summed E-state index contributed by atoms with van der Waals surface area (Å²) in [6.45, 7) is 12.5. The molecule has 1 spiro atoms. The minimum Gasteiger partial charge on any atom is -0.415 e. The average Bonchev–Trinajstić information content (AvgIpc) is 3.15. The van der Waals surface area contributed by atoms with E-state index in [-0.39, 0.29) is 22.4 Å². The molecule has 0 N–H and O–H groups in total. The number of benzene rings is 1. The summed E-state index contributed by atoms with van der Waals surface area (Å²) in [5.41, 5.74) is 0.921. The highest BCUT2D eigenvalue weighted by molar-refractivity contribution is 6.74. The zero-order chi connectivity index (χ0) is 19.9. The first-order valence-corrected chi connectivity index (χ1v) is 13.2. The molecule has 1 amide bonds. The van der Waals surface area contributed by atoms with Crippen molar-refractivity contribution in [3.05, 3.63) is 47.0 Å². The van der Waals surface area contributed by atoms with Crippen molar-refractivity contribution >= 4 is 25.8 Å². The van der Waals surface area contributed by atoms with Gasteiger partial charge in [-0.2, -0.15) is 0 Å². The van der Waals surface area contributed by atoms with E-state index in [2.05, 4.69) is 63.0 Å². The predicted octanol–water partition coefficient (Wildman–Crippen LogP) is 5.97. The highest BCUT2D eigenvalue weighted by atomic mass is 35.5.